The topological polar surface area (TPSA) is 114 Å². The molecule has 0 unspecified atom stereocenters. The molecule has 0 aromatic heterocycles. The Morgan fingerprint density at radius 1 is 1.23 bits per heavy atom. The van der Waals surface area contributed by atoms with E-state index in [1.807, 2.05) is 0 Å². The van der Waals surface area contributed by atoms with E-state index in [0.717, 1.165) is 6.07 Å². The van der Waals surface area contributed by atoms with Gasteiger partial charge in [0.1, 0.15) is 11.5 Å². The lowest BCUT2D eigenvalue weighted by Crippen LogP contribution is -2.26. The minimum absolute atomic E-state index is 0.0625. The second-order valence-corrected chi connectivity index (χ2v) is 5.52. The van der Waals surface area contributed by atoms with Gasteiger partial charge in [-0.2, -0.15) is 5.10 Å². The summed E-state index contributed by atoms with van der Waals surface area (Å²) in [5.74, 6) is -1.74. The summed E-state index contributed by atoms with van der Waals surface area (Å²) in [6.07, 6.45) is 0.586. The Kier molecular flexibility index (Phi) is 4.70. The molecule has 0 atom stereocenters. The van der Waals surface area contributed by atoms with Gasteiger partial charge >= 0.3 is 0 Å². The molecule has 0 spiro atoms. The molecule has 0 bridgehead atoms. The number of anilines is 1. The van der Waals surface area contributed by atoms with Gasteiger partial charge in [-0.05, 0) is 18.2 Å². The van der Waals surface area contributed by atoms with Gasteiger partial charge in [0.05, 0.1) is 16.2 Å². The number of nitrogens with one attached hydrogen (secondary N) is 2. The van der Waals surface area contributed by atoms with E-state index in [9.17, 15) is 24.1 Å². The van der Waals surface area contributed by atoms with Gasteiger partial charge in [-0.3, -0.25) is 19.7 Å². The van der Waals surface area contributed by atoms with Gasteiger partial charge in [0.15, 0.2) is 0 Å². The Morgan fingerprint density at radius 2 is 2.00 bits per heavy atom. The molecule has 2 amide bonds. The van der Waals surface area contributed by atoms with Gasteiger partial charge in [-0.1, -0.05) is 18.2 Å². The van der Waals surface area contributed by atoms with Crippen LogP contribution in [0.15, 0.2) is 47.6 Å². The Balaban J connectivity index is 1.90. The number of carbonyl (C=O) groups is 2. The molecular formula is C17H13FN4O4. The maximum Gasteiger partial charge on any atom is 0.293 e. The smallest absolute Gasteiger partial charge is 0.293 e. The largest absolute Gasteiger partial charge is 0.316 e. The zero-order chi connectivity index (χ0) is 18.7. The van der Waals surface area contributed by atoms with Crippen LogP contribution in [0, 0.1) is 15.9 Å². The highest BCUT2D eigenvalue weighted by Crippen LogP contribution is 2.27. The van der Waals surface area contributed by atoms with Crippen LogP contribution in [0.5, 0.6) is 0 Å². The first-order valence-electron chi connectivity index (χ1n) is 7.66. The summed E-state index contributed by atoms with van der Waals surface area (Å²) in [4.78, 5) is 34.0. The van der Waals surface area contributed by atoms with Crippen LogP contribution in [0.25, 0.3) is 0 Å². The number of hydrogen-bond acceptors (Lipinski definition) is 5. The number of hydrogen-bond donors (Lipinski definition) is 2. The molecule has 2 aromatic carbocycles. The van der Waals surface area contributed by atoms with Crippen molar-refractivity contribution in [1.29, 1.82) is 0 Å². The number of carbonyl (C=O) groups excluding carboxylic acids is 2. The van der Waals surface area contributed by atoms with Crippen molar-refractivity contribution < 1.29 is 18.9 Å². The summed E-state index contributed by atoms with van der Waals surface area (Å²) in [7, 11) is 0. The van der Waals surface area contributed by atoms with Crippen LogP contribution in [0.4, 0.5) is 15.8 Å². The van der Waals surface area contributed by atoms with Gasteiger partial charge in [0.2, 0.25) is 5.91 Å². The van der Waals surface area contributed by atoms with Crippen LogP contribution in [0.1, 0.15) is 28.8 Å². The van der Waals surface area contributed by atoms with Gasteiger partial charge in [0.25, 0.3) is 11.6 Å². The first-order valence-corrected chi connectivity index (χ1v) is 7.66. The number of nitrogens with zero attached hydrogens (tertiary/aromatic N) is 2. The van der Waals surface area contributed by atoms with E-state index in [-0.39, 0.29) is 29.3 Å². The van der Waals surface area contributed by atoms with Gasteiger partial charge < -0.3 is 5.32 Å². The number of amides is 2. The molecule has 2 N–H and O–H groups in total. The minimum atomic E-state index is -0.791. The van der Waals surface area contributed by atoms with E-state index >= 15 is 0 Å². The zero-order valence-corrected chi connectivity index (χ0v) is 13.4. The summed E-state index contributed by atoms with van der Waals surface area (Å²) in [5, 5.41) is 17.6. The molecule has 26 heavy (non-hydrogen) atoms. The molecule has 1 aliphatic rings. The number of nitro benzene ring substituents is 1. The summed E-state index contributed by atoms with van der Waals surface area (Å²) < 4.78 is 13.7. The molecule has 9 heteroatoms. The fraction of sp³-hybridized carbons (Fsp3) is 0.118. The van der Waals surface area contributed by atoms with Crippen molar-refractivity contribution >= 4 is 28.9 Å². The molecule has 8 nitrogen and oxygen atoms in total. The van der Waals surface area contributed by atoms with Crippen molar-refractivity contribution in [3.05, 3.63) is 69.5 Å². The third-order valence-electron chi connectivity index (χ3n) is 3.80. The molecular weight excluding hydrogens is 343 g/mol. The number of rotatable bonds is 4. The molecule has 0 fully saturated rings. The van der Waals surface area contributed by atoms with E-state index in [0.29, 0.717) is 17.7 Å². The molecule has 0 radical (unpaired) electrons. The van der Waals surface area contributed by atoms with Crippen LogP contribution >= 0.6 is 0 Å². The summed E-state index contributed by atoms with van der Waals surface area (Å²) in [6, 6.07) is 9.49. The van der Waals surface area contributed by atoms with Crippen LogP contribution in [-0.4, -0.2) is 22.4 Å². The summed E-state index contributed by atoms with van der Waals surface area (Å²) in [6.45, 7) is 0. The number of hydrazone groups is 1. The second-order valence-electron chi connectivity index (χ2n) is 5.52. The number of nitro groups is 1. The van der Waals surface area contributed by atoms with Gasteiger partial charge in [-0.25, -0.2) is 9.82 Å². The molecule has 132 valence electrons. The van der Waals surface area contributed by atoms with E-state index in [4.69, 9.17) is 0 Å². The Bertz CT molecular complexity index is 942. The molecule has 1 aliphatic heterocycles. The van der Waals surface area contributed by atoms with Crippen molar-refractivity contribution in [1.82, 2.24) is 5.43 Å². The van der Waals surface area contributed by atoms with E-state index in [1.54, 1.807) is 6.07 Å². The number of benzene rings is 2. The fourth-order valence-corrected chi connectivity index (χ4v) is 2.49. The number of halogens is 1. The molecule has 0 saturated heterocycles. The Hall–Kier alpha value is -3.62. The maximum atomic E-state index is 13.7. The van der Waals surface area contributed by atoms with Crippen LogP contribution < -0.4 is 10.7 Å². The summed E-state index contributed by atoms with van der Waals surface area (Å²) in [5.41, 5.74) is 2.65. The standard InChI is InChI=1S/C17H13FN4O4/c18-12-4-2-1-3-11(12)17(24)19-14-6-5-10(9-15(14)22(25)26)13-7-8-16(23)21-20-13/h1-6,9H,7-8H2,(H,19,24)(H,21,23). The highest BCUT2D eigenvalue weighted by molar-refractivity contribution is 6.07. The van der Waals surface area contributed by atoms with Crippen molar-refractivity contribution in [3.63, 3.8) is 0 Å². The summed E-state index contributed by atoms with van der Waals surface area (Å²) >= 11 is 0. The van der Waals surface area contributed by atoms with Gasteiger partial charge in [-0.15, -0.1) is 0 Å². The zero-order valence-electron chi connectivity index (χ0n) is 13.4. The SMILES string of the molecule is O=C1CCC(c2ccc(NC(=O)c3ccccc3F)c([N+](=O)[O-])c2)=NN1. The Morgan fingerprint density at radius 3 is 2.65 bits per heavy atom. The van der Waals surface area contributed by atoms with E-state index < -0.39 is 16.6 Å². The first-order chi connectivity index (χ1) is 12.5. The minimum Gasteiger partial charge on any atom is -0.316 e. The maximum absolute atomic E-state index is 13.7. The molecule has 0 aliphatic carbocycles. The lowest BCUT2D eigenvalue weighted by atomic mass is 10.0. The third-order valence-corrected chi connectivity index (χ3v) is 3.80. The third kappa shape index (κ3) is 3.56. The van der Waals surface area contributed by atoms with Crippen LogP contribution in [-0.2, 0) is 4.79 Å². The van der Waals surface area contributed by atoms with Crippen LogP contribution in [0.2, 0.25) is 0 Å². The van der Waals surface area contributed by atoms with Crippen molar-refractivity contribution in [2.75, 3.05) is 5.32 Å². The quantitative estimate of drug-likeness (QED) is 0.647. The Labute approximate surface area is 146 Å². The van der Waals surface area contributed by atoms with Crippen molar-refractivity contribution in [2.45, 2.75) is 12.8 Å². The molecule has 3 rings (SSSR count). The normalized spacial score (nSPS) is 13.6. The average molecular weight is 356 g/mol. The first kappa shape index (κ1) is 17.2. The highest BCUT2D eigenvalue weighted by atomic mass is 19.1. The van der Waals surface area contributed by atoms with Crippen molar-refractivity contribution in [2.24, 2.45) is 5.10 Å². The van der Waals surface area contributed by atoms with Gasteiger partial charge in [0, 0.05) is 24.5 Å². The average Bonchev–Trinajstić information content (AvgIpc) is 2.63. The van der Waals surface area contributed by atoms with Crippen LogP contribution in [0.3, 0.4) is 0 Å². The van der Waals surface area contributed by atoms with E-state index in [1.165, 1.54) is 30.3 Å². The molecule has 1 heterocycles. The van der Waals surface area contributed by atoms with E-state index in [2.05, 4.69) is 15.8 Å². The molecule has 2 aromatic rings. The fourth-order valence-electron chi connectivity index (χ4n) is 2.49. The molecule has 0 saturated carbocycles. The predicted molar refractivity (Wildman–Crippen MR) is 91.4 cm³/mol. The lowest BCUT2D eigenvalue weighted by molar-refractivity contribution is -0.383. The van der Waals surface area contributed by atoms with Crippen molar-refractivity contribution in [3.8, 4) is 0 Å². The lowest BCUT2D eigenvalue weighted by Gasteiger charge is -2.13. The monoisotopic (exact) mass is 356 g/mol. The second kappa shape index (κ2) is 7.09. The highest BCUT2D eigenvalue weighted by Gasteiger charge is 2.21. The predicted octanol–water partition coefficient (Wildman–Crippen LogP) is 2.60.